The van der Waals surface area contributed by atoms with Crippen molar-refractivity contribution in [3.8, 4) is 11.5 Å². The zero-order valence-corrected chi connectivity index (χ0v) is 16.5. The molecule has 2 amide bonds. The van der Waals surface area contributed by atoms with Gasteiger partial charge in [-0.15, -0.1) is 0 Å². The van der Waals surface area contributed by atoms with Crippen molar-refractivity contribution in [3.05, 3.63) is 59.7 Å². The first-order valence-corrected chi connectivity index (χ1v) is 8.79. The number of carbonyl (C=O) groups is 2. The van der Waals surface area contributed by atoms with Gasteiger partial charge in [-0.05, 0) is 50.1 Å². The Labute approximate surface area is 164 Å². The maximum atomic E-state index is 11.7. The summed E-state index contributed by atoms with van der Waals surface area (Å²) in [5.74, 6) is -0.443. The summed E-state index contributed by atoms with van der Waals surface area (Å²) in [5, 5.41) is 6.37. The first-order chi connectivity index (χ1) is 13.3. The molecule has 0 aliphatic carbocycles. The number of amides is 2. The Balaban J connectivity index is 1.96. The maximum Gasteiger partial charge on any atom is 0.329 e. The lowest BCUT2D eigenvalue weighted by molar-refractivity contribution is -0.140. The second-order valence-electron chi connectivity index (χ2n) is 7.09. The number of benzene rings is 2. The first kappa shape index (κ1) is 21.0. The second kappa shape index (κ2) is 9.55. The molecule has 2 aromatic carbocycles. The number of ether oxygens (including phenoxy) is 2. The van der Waals surface area contributed by atoms with Gasteiger partial charge >= 0.3 is 11.8 Å². The summed E-state index contributed by atoms with van der Waals surface area (Å²) in [4.78, 5) is 23.4. The summed E-state index contributed by atoms with van der Waals surface area (Å²) in [6.07, 6.45) is 1.42. The Morgan fingerprint density at radius 1 is 1.04 bits per heavy atom. The van der Waals surface area contributed by atoms with E-state index in [-0.39, 0.29) is 0 Å². The van der Waals surface area contributed by atoms with Crippen molar-refractivity contribution in [1.82, 2.24) is 10.7 Å². The molecular formula is C21H25N3O4. The van der Waals surface area contributed by atoms with Crippen molar-refractivity contribution in [2.45, 2.75) is 32.9 Å². The number of hydrazone groups is 1. The van der Waals surface area contributed by atoms with Crippen molar-refractivity contribution in [1.29, 1.82) is 0 Å². The molecule has 148 valence electrons. The Morgan fingerprint density at radius 2 is 1.75 bits per heavy atom. The van der Waals surface area contributed by atoms with Crippen molar-refractivity contribution in [3.63, 3.8) is 0 Å². The summed E-state index contributed by atoms with van der Waals surface area (Å²) in [5.41, 5.74) is 3.43. The molecule has 0 bridgehead atoms. The summed E-state index contributed by atoms with van der Waals surface area (Å²) < 4.78 is 11.2. The van der Waals surface area contributed by atoms with Crippen LogP contribution in [0.4, 0.5) is 0 Å². The molecule has 28 heavy (non-hydrogen) atoms. The molecule has 0 saturated heterocycles. The van der Waals surface area contributed by atoms with Gasteiger partial charge in [0.1, 0.15) is 6.61 Å². The zero-order chi connectivity index (χ0) is 20.6. The monoisotopic (exact) mass is 383 g/mol. The third-order valence-electron chi connectivity index (χ3n) is 3.50. The van der Waals surface area contributed by atoms with Crippen LogP contribution in [0.1, 0.15) is 31.9 Å². The van der Waals surface area contributed by atoms with E-state index < -0.39 is 17.4 Å². The summed E-state index contributed by atoms with van der Waals surface area (Å²) >= 11 is 0. The van der Waals surface area contributed by atoms with Gasteiger partial charge in [0.15, 0.2) is 11.5 Å². The van der Waals surface area contributed by atoms with Gasteiger partial charge in [0.25, 0.3) is 0 Å². The molecule has 7 heteroatoms. The highest BCUT2D eigenvalue weighted by Crippen LogP contribution is 2.28. The van der Waals surface area contributed by atoms with E-state index in [1.165, 1.54) is 6.21 Å². The van der Waals surface area contributed by atoms with Crippen molar-refractivity contribution >= 4 is 18.0 Å². The molecule has 0 aliphatic rings. The molecule has 0 atom stereocenters. The van der Waals surface area contributed by atoms with Crippen LogP contribution < -0.4 is 20.2 Å². The Bertz CT molecular complexity index is 842. The Kier molecular flexibility index (Phi) is 7.14. The highest BCUT2D eigenvalue weighted by molar-refractivity contribution is 6.35. The Hall–Kier alpha value is -3.35. The fraction of sp³-hybridized carbons (Fsp3) is 0.286. The van der Waals surface area contributed by atoms with Crippen LogP contribution in [0.15, 0.2) is 53.6 Å². The van der Waals surface area contributed by atoms with E-state index in [1.807, 2.05) is 30.3 Å². The minimum Gasteiger partial charge on any atom is -0.493 e. The van der Waals surface area contributed by atoms with E-state index in [0.717, 1.165) is 5.56 Å². The van der Waals surface area contributed by atoms with Crippen LogP contribution in [0.25, 0.3) is 0 Å². The molecule has 0 heterocycles. The largest absolute Gasteiger partial charge is 0.493 e. The minimum absolute atomic E-state index is 0.420. The lowest BCUT2D eigenvalue weighted by atomic mass is 10.1. The number of nitrogens with one attached hydrogen (secondary N) is 2. The van der Waals surface area contributed by atoms with Crippen LogP contribution in [-0.2, 0) is 16.2 Å². The van der Waals surface area contributed by atoms with Crippen molar-refractivity contribution in [2.24, 2.45) is 5.10 Å². The fourth-order valence-corrected chi connectivity index (χ4v) is 2.23. The van der Waals surface area contributed by atoms with Gasteiger partial charge < -0.3 is 14.8 Å². The predicted molar refractivity (Wildman–Crippen MR) is 107 cm³/mol. The lowest BCUT2D eigenvalue weighted by Crippen LogP contribution is -2.47. The normalized spacial score (nSPS) is 11.1. The first-order valence-electron chi connectivity index (χ1n) is 8.79. The Morgan fingerprint density at radius 3 is 2.39 bits per heavy atom. The SMILES string of the molecule is COc1cc(/C=N\NC(=O)C(=O)NC(C)(C)C)ccc1OCc1ccccc1. The van der Waals surface area contributed by atoms with Crippen LogP contribution >= 0.6 is 0 Å². The van der Waals surface area contributed by atoms with E-state index >= 15 is 0 Å². The number of hydrogen-bond acceptors (Lipinski definition) is 5. The van der Waals surface area contributed by atoms with Crippen LogP contribution in [0.3, 0.4) is 0 Å². The van der Waals surface area contributed by atoms with Crippen LogP contribution in [0.2, 0.25) is 0 Å². The van der Waals surface area contributed by atoms with Gasteiger partial charge in [0.05, 0.1) is 13.3 Å². The molecule has 2 N–H and O–H groups in total. The van der Waals surface area contributed by atoms with Gasteiger partial charge in [-0.1, -0.05) is 30.3 Å². The molecule has 0 spiro atoms. The molecule has 7 nitrogen and oxygen atoms in total. The van der Waals surface area contributed by atoms with E-state index in [1.54, 1.807) is 46.1 Å². The molecule has 0 radical (unpaired) electrons. The summed E-state index contributed by atoms with van der Waals surface area (Å²) in [6.45, 7) is 5.78. The van der Waals surface area contributed by atoms with Crippen LogP contribution in [0.5, 0.6) is 11.5 Å². The fourth-order valence-electron chi connectivity index (χ4n) is 2.23. The quantitative estimate of drug-likeness (QED) is 0.456. The molecule has 0 saturated carbocycles. The molecule has 2 aromatic rings. The maximum absolute atomic E-state index is 11.7. The molecule has 0 fully saturated rings. The van der Waals surface area contributed by atoms with Gasteiger partial charge in [0, 0.05) is 5.54 Å². The minimum atomic E-state index is -0.832. The summed E-state index contributed by atoms with van der Waals surface area (Å²) in [7, 11) is 1.55. The number of rotatable bonds is 6. The zero-order valence-electron chi connectivity index (χ0n) is 16.5. The number of nitrogens with zero attached hydrogens (tertiary/aromatic N) is 1. The van der Waals surface area contributed by atoms with Gasteiger partial charge in [-0.25, -0.2) is 5.43 Å². The average molecular weight is 383 g/mol. The molecule has 2 rings (SSSR count). The van der Waals surface area contributed by atoms with E-state index in [9.17, 15) is 9.59 Å². The van der Waals surface area contributed by atoms with Crippen LogP contribution in [-0.4, -0.2) is 30.7 Å². The molecule has 0 aliphatic heterocycles. The van der Waals surface area contributed by atoms with Gasteiger partial charge in [0.2, 0.25) is 0 Å². The average Bonchev–Trinajstić information content (AvgIpc) is 2.66. The van der Waals surface area contributed by atoms with E-state index in [4.69, 9.17) is 9.47 Å². The highest BCUT2D eigenvalue weighted by Gasteiger charge is 2.19. The topological polar surface area (TPSA) is 89.0 Å². The van der Waals surface area contributed by atoms with Gasteiger partial charge in [-0.3, -0.25) is 9.59 Å². The highest BCUT2D eigenvalue weighted by atomic mass is 16.5. The predicted octanol–water partition coefficient (Wildman–Crippen LogP) is 2.64. The number of hydrogen-bond donors (Lipinski definition) is 2. The van der Waals surface area contributed by atoms with E-state index in [2.05, 4.69) is 15.8 Å². The second-order valence-corrected chi connectivity index (χ2v) is 7.09. The van der Waals surface area contributed by atoms with Crippen molar-refractivity contribution in [2.75, 3.05) is 7.11 Å². The molecule has 0 aromatic heterocycles. The third kappa shape index (κ3) is 6.75. The van der Waals surface area contributed by atoms with Crippen molar-refractivity contribution < 1.29 is 19.1 Å². The third-order valence-corrected chi connectivity index (χ3v) is 3.50. The smallest absolute Gasteiger partial charge is 0.329 e. The van der Waals surface area contributed by atoms with E-state index in [0.29, 0.717) is 23.7 Å². The molecule has 0 unspecified atom stereocenters. The number of carbonyl (C=O) groups excluding carboxylic acids is 2. The summed E-state index contributed by atoms with van der Waals surface area (Å²) in [6, 6.07) is 15.1. The lowest BCUT2D eigenvalue weighted by Gasteiger charge is -2.19. The molecular weight excluding hydrogens is 358 g/mol. The standard InChI is InChI=1S/C21H25N3O4/c1-21(2,3)23-19(25)20(26)24-22-13-16-10-11-17(18(12-16)27-4)28-14-15-8-6-5-7-9-15/h5-13H,14H2,1-4H3,(H,23,25)(H,24,26)/b22-13-. The number of methoxy groups -OCH3 is 1. The van der Waals surface area contributed by atoms with Crippen LogP contribution in [0, 0.1) is 0 Å². The van der Waals surface area contributed by atoms with Gasteiger partial charge in [-0.2, -0.15) is 5.10 Å².